The fraction of sp³-hybridized carbons (Fsp3) is 0.167. The Morgan fingerprint density at radius 3 is 2.33 bits per heavy atom. The van der Waals surface area contributed by atoms with Crippen molar-refractivity contribution >= 4 is 29.2 Å². The number of anilines is 4. The molecule has 0 saturated carbocycles. The highest BCUT2D eigenvalue weighted by molar-refractivity contribution is 6.07. The minimum atomic E-state index is -0.584. The highest BCUT2D eigenvalue weighted by Gasteiger charge is 2.70. The van der Waals surface area contributed by atoms with Crippen LogP contribution in [0, 0.1) is 0 Å². The number of hydrogen-bond donors (Lipinski definition) is 0. The SMILES string of the molecule is CN1N=CN2c3cccc4c3C3(c5c(ccc6c5N5c7c(cccc7C(C)(C)c7ccc[n+]3c75)-c3ccccc3-6)O4)C12. The van der Waals surface area contributed by atoms with E-state index in [2.05, 4.69) is 131 Å². The third-order valence-electron chi connectivity index (χ3n) is 10.6. The lowest BCUT2D eigenvalue weighted by atomic mass is 9.70. The van der Waals surface area contributed by atoms with Crippen LogP contribution < -0.4 is 19.1 Å². The Morgan fingerprint density at radius 2 is 1.48 bits per heavy atom. The number of hydrogen-bond acceptors (Lipinski definition) is 5. The zero-order chi connectivity index (χ0) is 27.7. The van der Waals surface area contributed by atoms with Crippen LogP contribution in [0.3, 0.4) is 0 Å². The van der Waals surface area contributed by atoms with Crippen LogP contribution in [0.2, 0.25) is 0 Å². The van der Waals surface area contributed by atoms with E-state index in [1.54, 1.807) is 0 Å². The summed E-state index contributed by atoms with van der Waals surface area (Å²) < 4.78 is 9.44. The molecular formula is C36H26N5O+. The molecule has 2 unspecified atom stereocenters. The average molecular weight is 545 g/mol. The van der Waals surface area contributed by atoms with Crippen molar-refractivity contribution in [3.05, 3.63) is 113 Å². The van der Waals surface area contributed by atoms with Crippen LogP contribution in [0.1, 0.15) is 36.1 Å². The summed E-state index contributed by atoms with van der Waals surface area (Å²) >= 11 is 0. The second-order valence-corrected chi connectivity index (χ2v) is 12.8. The zero-order valence-electron chi connectivity index (χ0n) is 23.5. The lowest BCUT2D eigenvalue weighted by molar-refractivity contribution is -0.738. The number of likely N-dealkylation sites (N-methyl/N-ethyl adjacent to an activating group) is 1. The molecule has 6 heteroatoms. The molecule has 1 aromatic heterocycles. The Balaban J connectivity index is 1.43. The fourth-order valence-electron chi connectivity index (χ4n) is 9.08. The van der Waals surface area contributed by atoms with Crippen molar-refractivity contribution in [2.45, 2.75) is 31.0 Å². The van der Waals surface area contributed by atoms with Gasteiger partial charge in [0.05, 0.1) is 28.6 Å². The van der Waals surface area contributed by atoms with Crippen LogP contribution in [-0.2, 0) is 11.0 Å². The van der Waals surface area contributed by atoms with Crippen LogP contribution in [0.25, 0.3) is 22.3 Å². The third kappa shape index (κ3) is 1.99. The second kappa shape index (κ2) is 6.52. The van der Waals surface area contributed by atoms with E-state index in [1.165, 1.54) is 61.7 Å². The van der Waals surface area contributed by atoms with E-state index in [-0.39, 0.29) is 11.6 Å². The summed E-state index contributed by atoms with van der Waals surface area (Å²) in [5, 5.41) is 7.00. The maximum atomic E-state index is 6.87. The van der Waals surface area contributed by atoms with Crippen LogP contribution in [0.15, 0.2) is 96.2 Å². The smallest absolute Gasteiger partial charge is 0.292 e. The molecule has 11 rings (SSSR count). The van der Waals surface area contributed by atoms with Crippen LogP contribution >= 0.6 is 0 Å². The van der Waals surface area contributed by atoms with Crippen LogP contribution in [0.5, 0.6) is 11.5 Å². The van der Waals surface area contributed by atoms with Crippen LogP contribution in [0.4, 0.5) is 22.9 Å². The summed E-state index contributed by atoms with van der Waals surface area (Å²) in [7, 11) is 2.10. The minimum Gasteiger partial charge on any atom is -0.456 e. The molecule has 0 aliphatic carbocycles. The molecular weight excluding hydrogens is 518 g/mol. The highest BCUT2D eigenvalue weighted by atomic mass is 16.5. The maximum absolute atomic E-state index is 6.87. The van der Waals surface area contributed by atoms with E-state index in [0.717, 1.165) is 17.2 Å². The summed E-state index contributed by atoms with van der Waals surface area (Å²) in [5.74, 6) is 3.05. The van der Waals surface area contributed by atoms with Crippen molar-refractivity contribution in [2.24, 2.45) is 5.10 Å². The molecule has 0 N–H and O–H groups in total. The molecule has 0 bridgehead atoms. The number of rotatable bonds is 0. The summed E-state index contributed by atoms with van der Waals surface area (Å²) in [6, 6.07) is 31.3. The number of fused-ring (bicyclic) bond motifs is 5. The number of aromatic nitrogens is 1. The van der Waals surface area contributed by atoms with Gasteiger partial charge in [-0.05, 0) is 47.5 Å². The molecule has 0 radical (unpaired) electrons. The highest BCUT2D eigenvalue weighted by Crippen LogP contribution is 2.68. The van der Waals surface area contributed by atoms with Gasteiger partial charge in [-0.2, -0.15) is 10.0 Å². The van der Waals surface area contributed by atoms with Crippen molar-refractivity contribution < 1.29 is 9.30 Å². The lowest BCUT2D eigenvalue weighted by Gasteiger charge is -2.48. The topological polar surface area (TPSA) is 35.2 Å². The second-order valence-electron chi connectivity index (χ2n) is 12.8. The Morgan fingerprint density at radius 1 is 0.738 bits per heavy atom. The Kier molecular flexibility index (Phi) is 3.36. The number of ether oxygens (including phenoxy) is 1. The Hall–Kier alpha value is -5.10. The van der Waals surface area contributed by atoms with E-state index in [1.807, 2.05) is 6.34 Å². The van der Waals surface area contributed by atoms with Gasteiger partial charge in [-0.15, -0.1) is 0 Å². The Bertz CT molecular complexity index is 2170. The van der Waals surface area contributed by atoms with Gasteiger partial charge in [0.2, 0.25) is 5.54 Å². The summed E-state index contributed by atoms with van der Waals surface area (Å²) in [6.45, 7) is 4.76. The first-order chi connectivity index (χ1) is 20.5. The van der Waals surface area contributed by atoms with Gasteiger partial charge in [-0.25, -0.2) is 4.57 Å². The molecule has 42 heavy (non-hydrogen) atoms. The molecule has 0 saturated heterocycles. The molecule has 0 fully saturated rings. The van der Waals surface area contributed by atoms with Crippen LogP contribution in [-0.4, -0.2) is 24.6 Å². The van der Waals surface area contributed by atoms with E-state index < -0.39 is 5.54 Å². The normalized spacial score (nSPS) is 22.6. The number of nitrogens with zero attached hydrogens (tertiary/aromatic N) is 5. The molecule has 7 heterocycles. The van der Waals surface area contributed by atoms with Gasteiger partial charge in [0.1, 0.15) is 23.5 Å². The van der Waals surface area contributed by atoms with E-state index in [9.17, 15) is 0 Å². The van der Waals surface area contributed by atoms with Crippen molar-refractivity contribution in [3.8, 4) is 33.8 Å². The summed E-state index contributed by atoms with van der Waals surface area (Å²) in [5.41, 5.74) is 12.9. The quantitative estimate of drug-likeness (QED) is 0.193. The van der Waals surface area contributed by atoms with Crippen molar-refractivity contribution in [2.75, 3.05) is 16.8 Å². The van der Waals surface area contributed by atoms with Gasteiger partial charge in [0.25, 0.3) is 5.82 Å². The number of para-hydroxylation sites is 1. The van der Waals surface area contributed by atoms with Crippen molar-refractivity contribution in [3.63, 3.8) is 0 Å². The first-order valence-corrected chi connectivity index (χ1v) is 14.7. The fourth-order valence-corrected chi connectivity index (χ4v) is 9.08. The molecule has 6 aliphatic rings. The molecule has 200 valence electrons. The zero-order valence-corrected chi connectivity index (χ0v) is 23.5. The third-order valence-corrected chi connectivity index (χ3v) is 10.6. The molecule has 1 spiro atoms. The minimum absolute atomic E-state index is 0.0836. The molecule has 6 nitrogen and oxygen atoms in total. The lowest BCUT2D eigenvalue weighted by Crippen LogP contribution is -2.71. The Labute approximate surface area is 243 Å². The van der Waals surface area contributed by atoms with Gasteiger partial charge in [0, 0.05) is 29.2 Å². The summed E-state index contributed by atoms with van der Waals surface area (Å²) in [6.07, 6.45) is 4.20. The van der Waals surface area contributed by atoms with E-state index in [4.69, 9.17) is 9.84 Å². The van der Waals surface area contributed by atoms with Gasteiger partial charge in [-0.3, -0.25) is 5.01 Å². The first-order valence-electron chi connectivity index (χ1n) is 14.7. The summed E-state index contributed by atoms with van der Waals surface area (Å²) in [4.78, 5) is 4.91. The van der Waals surface area contributed by atoms with Gasteiger partial charge < -0.3 is 9.64 Å². The monoisotopic (exact) mass is 544 g/mol. The number of hydrazone groups is 1. The molecule has 5 aromatic rings. The number of pyridine rings is 1. The van der Waals surface area contributed by atoms with Gasteiger partial charge in [0.15, 0.2) is 11.9 Å². The standard InChI is InChI=1S/C36H26N5O/c1-35(2)24-12-6-11-22-20-9-4-5-10-21(20)23-16-17-28-30-32(23)41(31(22)24)33-25(35)13-8-18-40(33)36(30)29-26(14-7-15-27(29)42-28)39-19-37-38(3)34(36)39/h4-19,34H,1-3H3/q+1. The maximum Gasteiger partial charge on any atom is 0.292 e. The molecule has 2 atom stereocenters. The van der Waals surface area contributed by atoms with Gasteiger partial charge >= 0.3 is 0 Å². The van der Waals surface area contributed by atoms with Crippen molar-refractivity contribution in [1.82, 2.24) is 5.01 Å². The van der Waals surface area contributed by atoms with E-state index >= 15 is 0 Å². The number of benzene rings is 4. The molecule has 4 aromatic carbocycles. The molecule has 6 aliphatic heterocycles. The largest absolute Gasteiger partial charge is 0.456 e. The average Bonchev–Trinajstić information content (AvgIpc) is 3.50. The first kappa shape index (κ1) is 21.6. The van der Waals surface area contributed by atoms with Crippen molar-refractivity contribution in [1.29, 1.82) is 0 Å². The van der Waals surface area contributed by atoms with Gasteiger partial charge in [-0.1, -0.05) is 62.4 Å². The van der Waals surface area contributed by atoms with E-state index in [0.29, 0.717) is 0 Å². The molecule has 0 amide bonds. The predicted octanol–water partition coefficient (Wildman–Crippen LogP) is 6.98. The predicted molar refractivity (Wildman–Crippen MR) is 163 cm³/mol.